The van der Waals surface area contributed by atoms with Crippen molar-refractivity contribution in [2.75, 3.05) is 26.8 Å². The molecule has 4 unspecified atom stereocenters. The Kier molecular flexibility index (Phi) is 5.30. The van der Waals surface area contributed by atoms with Crippen molar-refractivity contribution in [3.63, 3.8) is 0 Å². The molecule has 2 aliphatic rings. The summed E-state index contributed by atoms with van der Waals surface area (Å²) in [6.07, 6.45) is -3.38. The van der Waals surface area contributed by atoms with Crippen molar-refractivity contribution in [1.29, 1.82) is 0 Å². The Hall–Kier alpha value is -1.22. The van der Waals surface area contributed by atoms with E-state index < -0.39 is 36.4 Å². The topological polar surface area (TPSA) is 89.5 Å². The summed E-state index contributed by atoms with van der Waals surface area (Å²) in [6, 6.07) is 0. The fourth-order valence-corrected chi connectivity index (χ4v) is 2.13. The minimum absolute atomic E-state index is 0.0659. The molecule has 8 nitrogen and oxygen atoms in total. The molecule has 20 heavy (non-hydrogen) atoms. The van der Waals surface area contributed by atoms with Gasteiger partial charge < -0.3 is 28.4 Å². The van der Waals surface area contributed by atoms with Crippen LogP contribution in [0.15, 0.2) is 0 Å². The smallest absolute Gasteiger partial charge is 0.338 e. The quantitative estimate of drug-likeness (QED) is 0.632. The summed E-state index contributed by atoms with van der Waals surface area (Å²) in [6.45, 7) is 3.72. The van der Waals surface area contributed by atoms with Gasteiger partial charge in [0.1, 0.15) is 25.8 Å². The van der Waals surface area contributed by atoms with E-state index in [9.17, 15) is 9.59 Å². The van der Waals surface area contributed by atoms with E-state index in [0.29, 0.717) is 0 Å². The largest absolute Gasteiger partial charge is 0.464 e. The molecule has 8 heteroatoms. The third kappa shape index (κ3) is 3.09. The second-order valence-electron chi connectivity index (χ2n) is 4.18. The third-order valence-electron chi connectivity index (χ3n) is 2.97. The van der Waals surface area contributed by atoms with E-state index in [4.69, 9.17) is 28.4 Å². The molecule has 0 aromatic rings. The van der Waals surface area contributed by atoms with E-state index in [2.05, 4.69) is 0 Å². The molecule has 0 spiro atoms. The zero-order valence-corrected chi connectivity index (χ0v) is 11.4. The van der Waals surface area contributed by atoms with Crippen LogP contribution >= 0.6 is 0 Å². The van der Waals surface area contributed by atoms with Gasteiger partial charge in [-0.2, -0.15) is 0 Å². The molecule has 0 N–H and O–H groups in total. The lowest BCUT2D eigenvalue weighted by Crippen LogP contribution is -2.48. The van der Waals surface area contributed by atoms with Crippen LogP contribution in [-0.2, 0) is 38.0 Å². The molecule has 2 heterocycles. The fourth-order valence-electron chi connectivity index (χ4n) is 2.13. The average molecular weight is 290 g/mol. The summed E-state index contributed by atoms with van der Waals surface area (Å²) < 4.78 is 30.9. The second-order valence-corrected chi connectivity index (χ2v) is 4.18. The molecular weight excluding hydrogens is 272 g/mol. The van der Waals surface area contributed by atoms with Gasteiger partial charge in [-0.3, -0.25) is 0 Å². The van der Waals surface area contributed by atoms with Crippen molar-refractivity contribution < 1.29 is 38.0 Å². The van der Waals surface area contributed by atoms with Crippen LogP contribution in [0, 0.1) is 0 Å². The van der Waals surface area contributed by atoms with Crippen molar-refractivity contribution in [2.24, 2.45) is 0 Å². The molecule has 114 valence electrons. The summed E-state index contributed by atoms with van der Waals surface area (Å²) in [5.74, 6) is -1.10. The molecule has 2 saturated heterocycles. The van der Waals surface area contributed by atoms with E-state index in [1.54, 1.807) is 13.8 Å². The molecule has 0 bridgehead atoms. The van der Waals surface area contributed by atoms with Gasteiger partial charge in [0.05, 0.1) is 13.2 Å². The zero-order valence-electron chi connectivity index (χ0n) is 11.4. The normalized spacial score (nSPS) is 33.1. The molecule has 0 aliphatic carbocycles. The summed E-state index contributed by atoms with van der Waals surface area (Å²) in [5, 5.41) is 0. The molecule has 2 fully saturated rings. The van der Waals surface area contributed by atoms with E-state index in [0.717, 1.165) is 0 Å². The van der Waals surface area contributed by atoms with Crippen molar-refractivity contribution in [2.45, 2.75) is 38.3 Å². The van der Waals surface area contributed by atoms with Gasteiger partial charge >= 0.3 is 11.9 Å². The number of hydrogen-bond donors (Lipinski definition) is 0. The van der Waals surface area contributed by atoms with Crippen LogP contribution in [0.25, 0.3) is 0 Å². The van der Waals surface area contributed by atoms with E-state index in [1.807, 2.05) is 0 Å². The predicted octanol–water partition coefficient (Wildman–Crippen LogP) is -0.404. The molecule has 0 aromatic carbocycles. The lowest BCUT2D eigenvalue weighted by Gasteiger charge is -2.23. The van der Waals surface area contributed by atoms with Crippen LogP contribution < -0.4 is 0 Å². The molecule has 0 radical (unpaired) electrons. The highest BCUT2D eigenvalue weighted by molar-refractivity contribution is 5.78. The molecule has 0 amide bonds. The number of hydrogen-bond acceptors (Lipinski definition) is 8. The summed E-state index contributed by atoms with van der Waals surface area (Å²) in [4.78, 5) is 23.5. The maximum atomic E-state index is 11.8. The van der Waals surface area contributed by atoms with Crippen LogP contribution in [0.1, 0.15) is 13.8 Å². The maximum absolute atomic E-state index is 11.8. The molecule has 0 aromatic heterocycles. The number of carbonyl (C=O) groups is 2. The van der Waals surface area contributed by atoms with Crippen LogP contribution in [0.5, 0.6) is 0 Å². The number of carbonyl (C=O) groups excluding carboxylic acids is 2. The lowest BCUT2D eigenvalue weighted by atomic mass is 10.0. The predicted molar refractivity (Wildman–Crippen MR) is 62.5 cm³/mol. The Morgan fingerprint density at radius 3 is 1.60 bits per heavy atom. The molecule has 4 atom stereocenters. The van der Waals surface area contributed by atoms with Gasteiger partial charge in [-0.05, 0) is 13.8 Å². The van der Waals surface area contributed by atoms with Crippen molar-refractivity contribution >= 4 is 11.9 Å². The van der Waals surface area contributed by atoms with Gasteiger partial charge in [0.2, 0.25) is 0 Å². The van der Waals surface area contributed by atoms with Crippen LogP contribution in [-0.4, -0.2) is 63.2 Å². The maximum Gasteiger partial charge on any atom is 0.338 e. The van der Waals surface area contributed by atoms with Gasteiger partial charge in [0.25, 0.3) is 0 Å². The van der Waals surface area contributed by atoms with E-state index in [-0.39, 0.29) is 26.8 Å². The SMILES string of the molecule is CCOC(=O)C1OCOC1C1OCOC1C(=O)OCC. The minimum Gasteiger partial charge on any atom is -0.464 e. The Labute approximate surface area is 116 Å². The van der Waals surface area contributed by atoms with Crippen molar-refractivity contribution in [3.8, 4) is 0 Å². The average Bonchev–Trinajstić information content (AvgIpc) is 3.07. The van der Waals surface area contributed by atoms with Gasteiger partial charge in [-0.1, -0.05) is 0 Å². The molecule has 2 rings (SSSR count). The Bertz CT molecular complexity index is 323. The van der Waals surface area contributed by atoms with Gasteiger partial charge in [-0.15, -0.1) is 0 Å². The Balaban J connectivity index is 2.04. The monoisotopic (exact) mass is 290 g/mol. The highest BCUT2D eigenvalue weighted by atomic mass is 16.8. The minimum atomic E-state index is -0.932. The van der Waals surface area contributed by atoms with E-state index >= 15 is 0 Å². The van der Waals surface area contributed by atoms with Crippen LogP contribution in [0.3, 0.4) is 0 Å². The fraction of sp³-hybridized carbons (Fsp3) is 0.833. The van der Waals surface area contributed by atoms with Gasteiger partial charge in [-0.25, -0.2) is 9.59 Å². The Morgan fingerprint density at radius 2 is 1.25 bits per heavy atom. The second kappa shape index (κ2) is 6.98. The summed E-state index contributed by atoms with van der Waals surface area (Å²) in [7, 11) is 0. The highest BCUT2D eigenvalue weighted by Gasteiger charge is 2.50. The highest BCUT2D eigenvalue weighted by Crippen LogP contribution is 2.27. The molecular formula is C12H18O8. The Morgan fingerprint density at radius 1 is 0.850 bits per heavy atom. The van der Waals surface area contributed by atoms with Crippen molar-refractivity contribution in [3.05, 3.63) is 0 Å². The molecule has 0 saturated carbocycles. The van der Waals surface area contributed by atoms with Crippen molar-refractivity contribution in [1.82, 2.24) is 0 Å². The third-order valence-corrected chi connectivity index (χ3v) is 2.97. The first-order valence-electron chi connectivity index (χ1n) is 6.48. The van der Waals surface area contributed by atoms with Crippen LogP contribution in [0.2, 0.25) is 0 Å². The summed E-state index contributed by atoms with van der Waals surface area (Å²) in [5.41, 5.74) is 0. The molecule has 2 aliphatic heterocycles. The van der Waals surface area contributed by atoms with E-state index in [1.165, 1.54) is 0 Å². The lowest BCUT2D eigenvalue weighted by molar-refractivity contribution is -0.160. The first kappa shape index (κ1) is 15.2. The summed E-state index contributed by atoms with van der Waals surface area (Å²) >= 11 is 0. The first-order valence-corrected chi connectivity index (χ1v) is 6.48. The number of ether oxygens (including phenoxy) is 6. The van der Waals surface area contributed by atoms with Gasteiger partial charge in [0.15, 0.2) is 12.2 Å². The zero-order chi connectivity index (χ0) is 14.5. The van der Waals surface area contributed by atoms with Crippen LogP contribution in [0.4, 0.5) is 0 Å². The number of rotatable bonds is 5. The number of esters is 2. The standard InChI is InChI=1S/C12H18O8/c1-3-15-11(13)9-7(17-5-19-9)8-10(20-6-18-8)12(14)16-4-2/h7-10H,3-6H2,1-2H3. The first-order chi connectivity index (χ1) is 9.69. The van der Waals surface area contributed by atoms with Gasteiger partial charge in [0, 0.05) is 0 Å².